The van der Waals surface area contributed by atoms with Gasteiger partial charge in [0, 0.05) is 26.4 Å². The van der Waals surface area contributed by atoms with E-state index in [9.17, 15) is 4.79 Å². The average molecular weight is 240 g/mol. The van der Waals surface area contributed by atoms with Crippen LogP contribution in [0.3, 0.4) is 0 Å². The van der Waals surface area contributed by atoms with Crippen molar-refractivity contribution >= 4 is 5.97 Å². The van der Waals surface area contributed by atoms with Gasteiger partial charge in [-0.15, -0.1) is 10.2 Å². The molecule has 0 aliphatic rings. The second-order valence-electron chi connectivity index (χ2n) is 4.06. The van der Waals surface area contributed by atoms with E-state index >= 15 is 0 Å². The summed E-state index contributed by atoms with van der Waals surface area (Å²) >= 11 is 0. The highest BCUT2D eigenvalue weighted by molar-refractivity contribution is 5.66. The molecule has 0 fully saturated rings. The Morgan fingerprint density at radius 2 is 2.24 bits per heavy atom. The number of carbonyl (C=O) groups is 1. The van der Waals surface area contributed by atoms with Gasteiger partial charge in [-0.05, 0) is 19.4 Å². The third-order valence-electron chi connectivity index (χ3n) is 2.57. The molecule has 0 aliphatic carbocycles. The summed E-state index contributed by atoms with van der Waals surface area (Å²) in [5.74, 6) is 0.267. The number of hydrogen-bond donors (Lipinski definition) is 2. The van der Waals surface area contributed by atoms with Crippen molar-refractivity contribution in [3.05, 3.63) is 12.2 Å². The maximum atomic E-state index is 10.3. The number of nitrogens with one attached hydrogen (secondary N) is 1. The minimum atomic E-state index is -0.708. The van der Waals surface area contributed by atoms with Crippen LogP contribution < -0.4 is 5.32 Å². The van der Waals surface area contributed by atoms with E-state index in [1.807, 2.05) is 11.6 Å². The lowest BCUT2D eigenvalue weighted by atomic mass is 10.2. The Labute approximate surface area is 101 Å². The predicted octanol–water partition coefficient (Wildman–Crippen LogP) is 0.592. The molecule has 0 saturated carbocycles. The SMILES string of the molecule is Cn1cnnc1CCNCCCCCC(=O)O. The number of hydrogen-bond acceptors (Lipinski definition) is 4. The number of carboxylic acid groups (broad SMARTS) is 1. The molecule has 0 bridgehead atoms. The van der Waals surface area contributed by atoms with Crippen molar-refractivity contribution in [2.75, 3.05) is 13.1 Å². The van der Waals surface area contributed by atoms with Gasteiger partial charge in [0.1, 0.15) is 12.2 Å². The third kappa shape index (κ3) is 6.01. The predicted molar refractivity (Wildman–Crippen MR) is 63.7 cm³/mol. The second-order valence-corrected chi connectivity index (χ2v) is 4.06. The Balaban J connectivity index is 1.91. The molecule has 0 aliphatic heterocycles. The van der Waals surface area contributed by atoms with E-state index in [4.69, 9.17) is 5.11 Å². The Morgan fingerprint density at radius 1 is 1.41 bits per heavy atom. The van der Waals surface area contributed by atoms with Gasteiger partial charge in [0.05, 0.1) is 0 Å². The number of unbranched alkanes of at least 4 members (excludes halogenated alkanes) is 2. The molecule has 0 unspecified atom stereocenters. The summed E-state index contributed by atoms with van der Waals surface area (Å²) in [5.41, 5.74) is 0. The van der Waals surface area contributed by atoms with E-state index in [0.717, 1.165) is 44.6 Å². The fourth-order valence-electron chi connectivity index (χ4n) is 1.56. The maximum Gasteiger partial charge on any atom is 0.303 e. The highest BCUT2D eigenvalue weighted by Crippen LogP contribution is 1.98. The molecule has 0 spiro atoms. The van der Waals surface area contributed by atoms with E-state index in [1.54, 1.807) is 6.33 Å². The molecule has 0 atom stereocenters. The zero-order valence-electron chi connectivity index (χ0n) is 10.2. The number of aromatic nitrogens is 3. The van der Waals surface area contributed by atoms with Crippen LogP contribution in [0.4, 0.5) is 0 Å². The molecule has 17 heavy (non-hydrogen) atoms. The van der Waals surface area contributed by atoms with Crippen molar-refractivity contribution in [2.24, 2.45) is 7.05 Å². The van der Waals surface area contributed by atoms with E-state index < -0.39 is 5.97 Å². The lowest BCUT2D eigenvalue weighted by Crippen LogP contribution is -2.19. The van der Waals surface area contributed by atoms with Crippen molar-refractivity contribution in [2.45, 2.75) is 32.1 Å². The first-order valence-electron chi connectivity index (χ1n) is 5.95. The summed E-state index contributed by atoms with van der Waals surface area (Å²) in [5, 5.41) is 19.6. The van der Waals surface area contributed by atoms with Crippen LogP contribution in [0.1, 0.15) is 31.5 Å². The molecule has 2 N–H and O–H groups in total. The van der Waals surface area contributed by atoms with Crippen molar-refractivity contribution in [3.63, 3.8) is 0 Å². The third-order valence-corrected chi connectivity index (χ3v) is 2.57. The fourth-order valence-corrected chi connectivity index (χ4v) is 1.56. The normalized spacial score (nSPS) is 10.6. The van der Waals surface area contributed by atoms with Gasteiger partial charge >= 0.3 is 5.97 Å². The summed E-state index contributed by atoms with van der Waals surface area (Å²) in [6.07, 6.45) is 5.58. The van der Waals surface area contributed by atoms with Gasteiger partial charge in [-0.1, -0.05) is 6.42 Å². The first-order valence-corrected chi connectivity index (χ1v) is 5.95. The van der Waals surface area contributed by atoms with Crippen LogP contribution in [0.15, 0.2) is 6.33 Å². The molecule has 1 rings (SSSR count). The number of rotatable bonds is 9. The van der Waals surface area contributed by atoms with Crippen LogP contribution in [0.25, 0.3) is 0 Å². The number of carboxylic acids is 1. The first-order chi connectivity index (χ1) is 8.20. The summed E-state index contributed by atoms with van der Waals surface area (Å²) in [6, 6.07) is 0. The highest BCUT2D eigenvalue weighted by Gasteiger charge is 1.99. The number of nitrogens with zero attached hydrogens (tertiary/aromatic N) is 3. The van der Waals surface area contributed by atoms with Gasteiger partial charge in [0.2, 0.25) is 0 Å². The zero-order valence-corrected chi connectivity index (χ0v) is 10.2. The molecule has 0 saturated heterocycles. The fraction of sp³-hybridized carbons (Fsp3) is 0.727. The van der Waals surface area contributed by atoms with Gasteiger partial charge in [-0.3, -0.25) is 4.79 Å². The van der Waals surface area contributed by atoms with Gasteiger partial charge < -0.3 is 15.0 Å². The Bertz CT molecular complexity index is 338. The standard InChI is InChI=1S/C11H20N4O2/c1-15-9-13-14-10(15)6-8-12-7-4-2-3-5-11(16)17/h9,12H,2-8H2,1H3,(H,16,17). The number of aliphatic carboxylic acids is 1. The van der Waals surface area contributed by atoms with Crippen molar-refractivity contribution in [1.29, 1.82) is 0 Å². The quantitative estimate of drug-likeness (QED) is 0.618. The van der Waals surface area contributed by atoms with E-state index in [0.29, 0.717) is 0 Å². The van der Waals surface area contributed by atoms with Crippen LogP contribution in [-0.4, -0.2) is 38.9 Å². The summed E-state index contributed by atoms with van der Waals surface area (Å²) in [6.45, 7) is 1.81. The Kier molecular flexibility index (Phi) is 6.24. The molecule has 1 heterocycles. The van der Waals surface area contributed by atoms with Crippen molar-refractivity contribution in [3.8, 4) is 0 Å². The molecule has 6 nitrogen and oxygen atoms in total. The maximum absolute atomic E-state index is 10.3. The van der Waals surface area contributed by atoms with Crippen LogP contribution in [0.5, 0.6) is 0 Å². The smallest absolute Gasteiger partial charge is 0.303 e. The van der Waals surface area contributed by atoms with E-state index in [1.165, 1.54) is 0 Å². The minimum Gasteiger partial charge on any atom is -0.481 e. The van der Waals surface area contributed by atoms with E-state index in [2.05, 4.69) is 15.5 Å². The molecule has 1 aromatic rings. The molecule has 0 amide bonds. The molecular weight excluding hydrogens is 220 g/mol. The molecule has 0 aromatic carbocycles. The van der Waals surface area contributed by atoms with Crippen LogP contribution in [-0.2, 0) is 18.3 Å². The zero-order chi connectivity index (χ0) is 12.5. The van der Waals surface area contributed by atoms with Crippen molar-refractivity contribution < 1.29 is 9.90 Å². The molecule has 96 valence electrons. The lowest BCUT2D eigenvalue weighted by Gasteiger charge is -2.03. The molecule has 0 radical (unpaired) electrons. The lowest BCUT2D eigenvalue weighted by molar-refractivity contribution is -0.137. The van der Waals surface area contributed by atoms with Crippen molar-refractivity contribution in [1.82, 2.24) is 20.1 Å². The van der Waals surface area contributed by atoms with Gasteiger partial charge in [-0.2, -0.15) is 0 Å². The molecular formula is C11H20N4O2. The molecule has 1 aromatic heterocycles. The first kappa shape index (κ1) is 13.6. The largest absolute Gasteiger partial charge is 0.481 e. The summed E-state index contributed by atoms with van der Waals surface area (Å²) in [7, 11) is 1.93. The summed E-state index contributed by atoms with van der Waals surface area (Å²) < 4.78 is 1.91. The molecule has 6 heteroatoms. The van der Waals surface area contributed by atoms with Crippen LogP contribution in [0, 0.1) is 0 Å². The number of aryl methyl sites for hydroxylation is 1. The highest BCUT2D eigenvalue weighted by atomic mass is 16.4. The second kappa shape index (κ2) is 7.78. The van der Waals surface area contributed by atoms with Gasteiger partial charge in [0.25, 0.3) is 0 Å². The monoisotopic (exact) mass is 240 g/mol. The van der Waals surface area contributed by atoms with Crippen LogP contribution >= 0.6 is 0 Å². The van der Waals surface area contributed by atoms with Crippen LogP contribution in [0.2, 0.25) is 0 Å². The van der Waals surface area contributed by atoms with Gasteiger partial charge in [-0.25, -0.2) is 0 Å². The van der Waals surface area contributed by atoms with E-state index in [-0.39, 0.29) is 6.42 Å². The Morgan fingerprint density at radius 3 is 2.88 bits per heavy atom. The van der Waals surface area contributed by atoms with Gasteiger partial charge in [0.15, 0.2) is 0 Å². The Hall–Kier alpha value is -1.43. The average Bonchev–Trinajstić information content (AvgIpc) is 2.68. The summed E-state index contributed by atoms with van der Waals surface area (Å²) in [4.78, 5) is 10.3. The minimum absolute atomic E-state index is 0.277. The topological polar surface area (TPSA) is 80.0 Å².